The number of para-hydroxylation sites is 1. The molecule has 0 N–H and O–H groups in total. The molecule has 0 bridgehead atoms. The average Bonchev–Trinajstić information content (AvgIpc) is 3.29. The number of esters is 2. The van der Waals surface area contributed by atoms with Gasteiger partial charge in [-0.15, -0.1) is 0 Å². The molecule has 0 spiro atoms. The minimum Gasteiger partial charge on any atom is -0.465 e. The molecule has 0 fully saturated rings. The summed E-state index contributed by atoms with van der Waals surface area (Å²) in [6.07, 6.45) is 0.968. The largest absolute Gasteiger partial charge is 0.465 e. The van der Waals surface area contributed by atoms with Crippen molar-refractivity contribution in [2.45, 2.75) is 13.3 Å². The summed E-state index contributed by atoms with van der Waals surface area (Å²) in [5.74, 6) is -1.34. The third kappa shape index (κ3) is 4.28. The molecular formula is C27H24N2O4. The fourth-order valence-corrected chi connectivity index (χ4v) is 3.74. The van der Waals surface area contributed by atoms with E-state index in [1.54, 1.807) is 12.1 Å². The predicted octanol–water partition coefficient (Wildman–Crippen LogP) is 5.34. The molecule has 6 heteroatoms. The van der Waals surface area contributed by atoms with E-state index in [-0.39, 0.29) is 11.3 Å². The Morgan fingerprint density at radius 1 is 0.788 bits per heavy atom. The van der Waals surface area contributed by atoms with Crippen LogP contribution in [-0.4, -0.2) is 35.9 Å². The normalized spacial score (nSPS) is 10.6. The first-order valence-electron chi connectivity index (χ1n) is 10.6. The number of carbonyl (C=O) groups excluding carboxylic acids is 2. The summed E-state index contributed by atoms with van der Waals surface area (Å²) in [6, 6.07) is 25.2. The molecule has 0 aliphatic heterocycles. The lowest BCUT2D eigenvalue weighted by atomic mass is 9.98. The molecule has 0 saturated carbocycles. The SMILES string of the molecule is CCc1ccc(-c2cccc(-c3nn(-c4ccccc4)c(C(=O)OC)c3C(=O)OC)c2)cc1. The van der Waals surface area contributed by atoms with Crippen LogP contribution in [0.3, 0.4) is 0 Å². The van der Waals surface area contributed by atoms with Gasteiger partial charge in [-0.3, -0.25) is 0 Å². The van der Waals surface area contributed by atoms with Gasteiger partial charge in [-0.05, 0) is 41.3 Å². The molecule has 0 unspecified atom stereocenters. The molecule has 0 radical (unpaired) electrons. The van der Waals surface area contributed by atoms with Gasteiger partial charge in [0.1, 0.15) is 11.3 Å². The minimum atomic E-state index is -0.677. The zero-order valence-electron chi connectivity index (χ0n) is 18.7. The lowest BCUT2D eigenvalue weighted by Crippen LogP contribution is -2.15. The molecule has 1 aromatic heterocycles. The topological polar surface area (TPSA) is 70.4 Å². The van der Waals surface area contributed by atoms with Crippen LogP contribution in [0.1, 0.15) is 33.3 Å². The van der Waals surface area contributed by atoms with Gasteiger partial charge in [0.05, 0.1) is 19.9 Å². The van der Waals surface area contributed by atoms with Gasteiger partial charge >= 0.3 is 11.9 Å². The molecule has 166 valence electrons. The van der Waals surface area contributed by atoms with Gasteiger partial charge < -0.3 is 9.47 Å². The number of carbonyl (C=O) groups is 2. The molecule has 0 saturated heterocycles. The number of methoxy groups -OCH3 is 2. The quantitative estimate of drug-likeness (QED) is 0.379. The number of nitrogens with zero attached hydrogens (tertiary/aromatic N) is 2. The minimum absolute atomic E-state index is 0.0169. The van der Waals surface area contributed by atoms with Crippen LogP contribution in [0.25, 0.3) is 28.1 Å². The highest BCUT2D eigenvalue weighted by molar-refractivity contribution is 6.07. The summed E-state index contributed by atoms with van der Waals surface area (Å²) in [6.45, 7) is 2.12. The maximum atomic E-state index is 12.8. The maximum absolute atomic E-state index is 12.8. The number of benzene rings is 3. The van der Waals surface area contributed by atoms with E-state index in [2.05, 4.69) is 36.3 Å². The lowest BCUT2D eigenvalue weighted by molar-refractivity contribution is 0.0549. The van der Waals surface area contributed by atoms with E-state index in [9.17, 15) is 9.59 Å². The van der Waals surface area contributed by atoms with Crippen LogP contribution in [0.5, 0.6) is 0 Å². The van der Waals surface area contributed by atoms with Crippen molar-refractivity contribution in [1.29, 1.82) is 0 Å². The molecule has 0 amide bonds. The second-order valence-corrected chi connectivity index (χ2v) is 7.43. The molecule has 33 heavy (non-hydrogen) atoms. The molecule has 0 aliphatic carbocycles. The maximum Gasteiger partial charge on any atom is 0.357 e. The summed E-state index contributed by atoms with van der Waals surface area (Å²) in [5, 5.41) is 4.67. The molecule has 0 aliphatic rings. The van der Waals surface area contributed by atoms with Crippen LogP contribution < -0.4 is 0 Å². The van der Waals surface area contributed by atoms with E-state index < -0.39 is 11.9 Å². The van der Waals surface area contributed by atoms with E-state index >= 15 is 0 Å². The van der Waals surface area contributed by atoms with E-state index in [0.717, 1.165) is 17.5 Å². The molecule has 4 rings (SSSR count). The van der Waals surface area contributed by atoms with Crippen molar-refractivity contribution < 1.29 is 19.1 Å². The van der Waals surface area contributed by atoms with Crippen LogP contribution in [-0.2, 0) is 15.9 Å². The summed E-state index contributed by atoms with van der Waals surface area (Å²) < 4.78 is 11.4. The summed E-state index contributed by atoms with van der Waals surface area (Å²) >= 11 is 0. The number of aryl methyl sites for hydroxylation is 1. The van der Waals surface area contributed by atoms with Crippen LogP contribution in [0, 0.1) is 0 Å². The summed E-state index contributed by atoms with van der Waals surface area (Å²) in [7, 11) is 2.55. The third-order valence-electron chi connectivity index (χ3n) is 5.49. The van der Waals surface area contributed by atoms with E-state index in [0.29, 0.717) is 16.9 Å². The molecule has 1 heterocycles. The number of hydrogen-bond acceptors (Lipinski definition) is 5. The lowest BCUT2D eigenvalue weighted by Gasteiger charge is -2.07. The first-order chi connectivity index (χ1) is 16.1. The van der Waals surface area contributed by atoms with Gasteiger partial charge in [-0.1, -0.05) is 67.6 Å². The van der Waals surface area contributed by atoms with E-state index in [1.807, 2.05) is 42.5 Å². The van der Waals surface area contributed by atoms with Crippen LogP contribution >= 0.6 is 0 Å². The van der Waals surface area contributed by atoms with Crippen molar-refractivity contribution >= 4 is 11.9 Å². The second kappa shape index (κ2) is 9.53. The Hall–Kier alpha value is -4.19. The zero-order chi connectivity index (χ0) is 23.4. The number of hydrogen-bond donors (Lipinski definition) is 0. The van der Waals surface area contributed by atoms with Crippen molar-refractivity contribution in [3.8, 4) is 28.1 Å². The number of ether oxygens (including phenoxy) is 2. The molecular weight excluding hydrogens is 416 g/mol. The summed E-state index contributed by atoms with van der Waals surface area (Å²) in [4.78, 5) is 25.6. The van der Waals surface area contributed by atoms with Gasteiger partial charge in [-0.25, -0.2) is 14.3 Å². The highest BCUT2D eigenvalue weighted by Crippen LogP contribution is 2.32. The van der Waals surface area contributed by atoms with Gasteiger partial charge in [0.2, 0.25) is 0 Å². The van der Waals surface area contributed by atoms with Crippen molar-refractivity contribution in [2.75, 3.05) is 14.2 Å². The van der Waals surface area contributed by atoms with Crippen LogP contribution in [0.4, 0.5) is 0 Å². The van der Waals surface area contributed by atoms with E-state index in [1.165, 1.54) is 24.5 Å². The number of aromatic nitrogens is 2. The summed E-state index contributed by atoms with van der Waals surface area (Å²) in [5.41, 5.74) is 5.01. The van der Waals surface area contributed by atoms with Gasteiger partial charge in [-0.2, -0.15) is 5.10 Å². The van der Waals surface area contributed by atoms with Gasteiger partial charge in [0.25, 0.3) is 0 Å². The van der Waals surface area contributed by atoms with Gasteiger partial charge in [0.15, 0.2) is 5.69 Å². The zero-order valence-corrected chi connectivity index (χ0v) is 18.7. The first kappa shape index (κ1) is 22.0. The average molecular weight is 440 g/mol. The Bertz CT molecular complexity index is 1290. The Balaban J connectivity index is 1.93. The highest BCUT2D eigenvalue weighted by Gasteiger charge is 2.31. The Morgan fingerprint density at radius 3 is 2.09 bits per heavy atom. The molecule has 6 nitrogen and oxygen atoms in total. The monoisotopic (exact) mass is 440 g/mol. The van der Waals surface area contributed by atoms with Crippen LogP contribution in [0.15, 0.2) is 78.9 Å². The van der Waals surface area contributed by atoms with Crippen molar-refractivity contribution in [3.63, 3.8) is 0 Å². The smallest absolute Gasteiger partial charge is 0.357 e. The first-order valence-corrected chi connectivity index (χ1v) is 10.6. The third-order valence-corrected chi connectivity index (χ3v) is 5.49. The van der Waals surface area contributed by atoms with Crippen LogP contribution in [0.2, 0.25) is 0 Å². The van der Waals surface area contributed by atoms with E-state index in [4.69, 9.17) is 9.47 Å². The van der Waals surface area contributed by atoms with Crippen molar-refractivity contribution in [3.05, 3.63) is 95.7 Å². The fraction of sp³-hybridized carbons (Fsp3) is 0.148. The predicted molar refractivity (Wildman–Crippen MR) is 126 cm³/mol. The van der Waals surface area contributed by atoms with Crippen molar-refractivity contribution in [1.82, 2.24) is 9.78 Å². The Morgan fingerprint density at radius 2 is 1.45 bits per heavy atom. The molecule has 3 aromatic carbocycles. The standard InChI is InChI=1S/C27H24N2O4/c1-4-18-13-15-19(16-14-18)20-9-8-10-21(17-20)24-23(26(30)32-2)25(27(31)33-3)29(28-24)22-11-6-5-7-12-22/h5-17H,4H2,1-3H3. The highest BCUT2D eigenvalue weighted by atomic mass is 16.5. The molecule has 0 atom stereocenters. The number of rotatable bonds is 6. The Labute approximate surface area is 192 Å². The molecule has 4 aromatic rings. The van der Waals surface area contributed by atoms with Crippen molar-refractivity contribution in [2.24, 2.45) is 0 Å². The second-order valence-electron chi connectivity index (χ2n) is 7.43. The fourth-order valence-electron chi connectivity index (χ4n) is 3.74. The Kier molecular flexibility index (Phi) is 6.36. The van der Waals surface area contributed by atoms with Gasteiger partial charge in [0, 0.05) is 5.56 Å².